The van der Waals surface area contributed by atoms with Crippen molar-refractivity contribution < 1.29 is 47.7 Å². The van der Waals surface area contributed by atoms with E-state index in [2.05, 4.69) is 36.9 Å². The Labute approximate surface area is 361 Å². The van der Waals surface area contributed by atoms with Gasteiger partial charge in [-0.25, -0.2) is 14.2 Å². The SMILES string of the molecule is CN[C@@H](CCCNC(N)=NCc1ccc(F)c(Oc2ccccc2)c1)C(=O)NCC(=O)N[C@@H](CC(=O)OC(C)(C)C)C(=O)N[C@H](Cc1ccccc1)C(=O)N[C@H](C(=O)O)C(C)C. The van der Waals surface area contributed by atoms with Crippen LogP contribution in [0.3, 0.4) is 0 Å². The molecule has 0 saturated heterocycles. The minimum absolute atomic E-state index is 0.0332. The van der Waals surface area contributed by atoms with Crippen LogP contribution in [-0.2, 0) is 46.5 Å². The quantitative estimate of drug-likeness (QED) is 0.0297. The summed E-state index contributed by atoms with van der Waals surface area (Å²) in [5.74, 6) is -5.40. The van der Waals surface area contributed by atoms with Crippen LogP contribution in [0.25, 0.3) is 0 Å². The van der Waals surface area contributed by atoms with Gasteiger partial charge in [0, 0.05) is 13.0 Å². The highest BCUT2D eigenvalue weighted by atomic mass is 19.1. The molecule has 0 aromatic heterocycles. The van der Waals surface area contributed by atoms with E-state index in [9.17, 15) is 38.3 Å². The summed E-state index contributed by atoms with van der Waals surface area (Å²) in [6, 6.07) is 17.1. The predicted octanol–water partition coefficient (Wildman–Crippen LogP) is 2.68. The first-order valence-electron chi connectivity index (χ1n) is 20.2. The van der Waals surface area contributed by atoms with E-state index in [1.165, 1.54) is 6.07 Å². The molecular weight excluding hydrogens is 804 g/mol. The molecule has 3 aromatic rings. The van der Waals surface area contributed by atoms with Crippen molar-refractivity contribution in [3.63, 3.8) is 0 Å². The highest BCUT2D eigenvalue weighted by Crippen LogP contribution is 2.25. The number of aliphatic carboxylic acids is 1. The molecule has 0 aliphatic heterocycles. The third-order valence-electron chi connectivity index (χ3n) is 9.05. The number of para-hydroxylation sites is 1. The van der Waals surface area contributed by atoms with Gasteiger partial charge in [0.25, 0.3) is 0 Å². The number of hydrogen-bond donors (Lipinski definition) is 8. The van der Waals surface area contributed by atoms with Gasteiger partial charge in [0.1, 0.15) is 29.5 Å². The number of aliphatic imine (C=N–C) groups is 1. The second-order valence-electron chi connectivity index (χ2n) is 15.7. The Morgan fingerprint density at radius 2 is 1.45 bits per heavy atom. The van der Waals surface area contributed by atoms with Crippen LogP contribution >= 0.6 is 0 Å². The Morgan fingerprint density at radius 3 is 2.06 bits per heavy atom. The topological polar surface area (TPSA) is 252 Å². The number of nitrogens with one attached hydrogen (secondary N) is 6. The van der Waals surface area contributed by atoms with Gasteiger partial charge in [0.05, 0.1) is 25.6 Å². The molecule has 0 aliphatic rings. The number of halogens is 1. The first-order chi connectivity index (χ1) is 29.3. The molecule has 17 nitrogen and oxygen atoms in total. The maximum absolute atomic E-state index is 14.3. The molecular formula is C44H59FN8O9. The van der Waals surface area contributed by atoms with Crippen molar-refractivity contribution in [3.05, 3.63) is 95.8 Å². The van der Waals surface area contributed by atoms with Gasteiger partial charge in [-0.05, 0) is 82.0 Å². The van der Waals surface area contributed by atoms with E-state index < -0.39 is 90.0 Å². The van der Waals surface area contributed by atoms with Crippen molar-refractivity contribution in [2.45, 2.75) is 96.6 Å². The number of likely N-dealkylation sites (N-methyl/N-ethyl adjacent to an activating group) is 1. The van der Waals surface area contributed by atoms with Crippen LogP contribution in [0, 0.1) is 11.7 Å². The zero-order chi connectivity index (χ0) is 45.8. The first-order valence-corrected chi connectivity index (χ1v) is 20.2. The standard InChI is InChI=1S/C44H59FN8O9/c1-27(2)38(42(59)60)53-41(58)33(22-28-14-9-7-10-15-28)52-40(57)34(24-37(55)62-44(3,4)5)51-36(54)26-49-39(56)32(47-6)18-13-21-48-43(46)50-25-29-19-20-31(45)35(23-29)61-30-16-11-8-12-17-30/h7-12,14-17,19-20,23,27,32-34,38,47H,13,18,21-22,24-26H2,1-6H3,(H,49,56)(H,51,54)(H,52,57)(H,53,58)(H,59,60)(H3,46,48,50)/t32-,33+,34-,38-/m0/s1. The van der Waals surface area contributed by atoms with Crippen LogP contribution in [0.2, 0.25) is 0 Å². The number of carboxylic acid groups (broad SMARTS) is 1. The predicted molar refractivity (Wildman–Crippen MR) is 230 cm³/mol. The maximum atomic E-state index is 14.3. The first kappa shape index (κ1) is 49.8. The number of ether oxygens (including phenoxy) is 2. The number of carboxylic acids is 1. The average molecular weight is 863 g/mol. The highest BCUT2D eigenvalue weighted by Gasteiger charge is 2.33. The Kier molecular flexibility index (Phi) is 19.8. The molecule has 0 aliphatic carbocycles. The van der Waals surface area contributed by atoms with Gasteiger partial charge in [-0.3, -0.25) is 24.0 Å². The van der Waals surface area contributed by atoms with Crippen LogP contribution in [0.5, 0.6) is 11.5 Å². The summed E-state index contributed by atoms with van der Waals surface area (Å²) in [5.41, 5.74) is 6.44. The lowest BCUT2D eigenvalue weighted by atomic mass is 10.0. The zero-order valence-electron chi connectivity index (χ0n) is 36.0. The van der Waals surface area contributed by atoms with Gasteiger partial charge in [0.15, 0.2) is 17.5 Å². The van der Waals surface area contributed by atoms with Crippen LogP contribution in [0.15, 0.2) is 83.9 Å². The fourth-order valence-corrected chi connectivity index (χ4v) is 5.90. The number of hydrogen-bond acceptors (Lipinski definition) is 10. The monoisotopic (exact) mass is 862 g/mol. The summed E-state index contributed by atoms with van der Waals surface area (Å²) in [6.45, 7) is 8.09. The van der Waals surface area contributed by atoms with Crippen LogP contribution in [0.1, 0.15) is 65.0 Å². The van der Waals surface area contributed by atoms with E-state index in [1.54, 1.807) is 108 Å². The Hall–Kier alpha value is -6.56. The van der Waals surface area contributed by atoms with Crippen LogP contribution in [-0.4, -0.2) is 96.5 Å². The van der Waals surface area contributed by atoms with E-state index in [4.69, 9.17) is 15.2 Å². The van der Waals surface area contributed by atoms with Crippen molar-refractivity contribution in [1.82, 2.24) is 31.9 Å². The Balaban J connectivity index is 1.58. The fraction of sp³-hybridized carbons (Fsp3) is 0.432. The van der Waals surface area contributed by atoms with Crippen molar-refractivity contribution >= 4 is 41.5 Å². The molecule has 336 valence electrons. The molecule has 0 fully saturated rings. The fourth-order valence-electron chi connectivity index (χ4n) is 5.90. The normalized spacial score (nSPS) is 13.5. The zero-order valence-corrected chi connectivity index (χ0v) is 36.0. The van der Waals surface area contributed by atoms with Crippen molar-refractivity contribution in [2.24, 2.45) is 16.6 Å². The second kappa shape index (κ2) is 24.6. The number of carbonyl (C=O) groups is 6. The Bertz CT molecular complexity index is 1990. The van der Waals surface area contributed by atoms with Crippen molar-refractivity contribution in [2.75, 3.05) is 20.1 Å². The third kappa shape index (κ3) is 18.0. The molecule has 9 N–H and O–H groups in total. The smallest absolute Gasteiger partial charge is 0.326 e. The van der Waals surface area contributed by atoms with Crippen molar-refractivity contribution in [3.8, 4) is 11.5 Å². The molecule has 0 heterocycles. The van der Waals surface area contributed by atoms with Gasteiger partial charge in [-0.15, -0.1) is 0 Å². The lowest BCUT2D eigenvalue weighted by Gasteiger charge is -2.26. The summed E-state index contributed by atoms with van der Waals surface area (Å²) in [7, 11) is 1.58. The van der Waals surface area contributed by atoms with E-state index in [-0.39, 0.29) is 24.7 Å². The summed E-state index contributed by atoms with van der Waals surface area (Å²) >= 11 is 0. The third-order valence-corrected chi connectivity index (χ3v) is 9.05. The molecule has 4 amide bonds. The summed E-state index contributed by atoms with van der Waals surface area (Å²) in [4.78, 5) is 82.5. The number of carbonyl (C=O) groups excluding carboxylic acids is 5. The summed E-state index contributed by atoms with van der Waals surface area (Å²) in [6.07, 6.45) is 0.149. The molecule has 0 bridgehead atoms. The maximum Gasteiger partial charge on any atom is 0.326 e. The molecule has 4 atom stereocenters. The molecule has 0 spiro atoms. The van der Waals surface area contributed by atoms with E-state index in [0.717, 1.165) is 0 Å². The Morgan fingerprint density at radius 1 is 0.806 bits per heavy atom. The molecule has 3 rings (SSSR count). The minimum Gasteiger partial charge on any atom is -0.480 e. The van der Waals surface area contributed by atoms with Gasteiger partial charge in [-0.2, -0.15) is 0 Å². The number of rotatable bonds is 23. The van der Waals surface area contributed by atoms with Gasteiger partial charge in [0.2, 0.25) is 23.6 Å². The number of esters is 1. The minimum atomic E-state index is -1.54. The highest BCUT2D eigenvalue weighted by molar-refractivity contribution is 5.96. The number of amides is 4. The summed E-state index contributed by atoms with van der Waals surface area (Å²) in [5, 5.41) is 25.6. The van der Waals surface area contributed by atoms with E-state index in [1.807, 2.05) is 6.07 Å². The largest absolute Gasteiger partial charge is 0.480 e. The lowest BCUT2D eigenvalue weighted by Crippen LogP contribution is -2.58. The number of nitrogens with zero attached hydrogens (tertiary/aromatic N) is 1. The van der Waals surface area contributed by atoms with Crippen LogP contribution < -0.4 is 42.4 Å². The lowest BCUT2D eigenvalue weighted by molar-refractivity contribution is -0.156. The number of guanidine groups is 1. The molecule has 18 heteroatoms. The second-order valence-corrected chi connectivity index (χ2v) is 15.7. The van der Waals surface area contributed by atoms with Gasteiger partial charge < -0.3 is 52.2 Å². The molecule has 3 aromatic carbocycles. The van der Waals surface area contributed by atoms with E-state index >= 15 is 0 Å². The van der Waals surface area contributed by atoms with Gasteiger partial charge in [-0.1, -0.05) is 68.4 Å². The number of nitrogens with two attached hydrogens (primary N) is 1. The number of benzene rings is 3. The molecule has 0 saturated carbocycles. The van der Waals surface area contributed by atoms with Crippen molar-refractivity contribution in [1.29, 1.82) is 0 Å². The molecule has 0 unspecified atom stereocenters. The molecule has 62 heavy (non-hydrogen) atoms. The summed E-state index contributed by atoms with van der Waals surface area (Å²) < 4.78 is 25.4. The van der Waals surface area contributed by atoms with Crippen LogP contribution in [0.4, 0.5) is 4.39 Å². The average Bonchev–Trinajstić information content (AvgIpc) is 3.21. The van der Waals surface area contributed by atoms with E-state index in [0.29, 0.717) is 36.3 Å². The van der Waals surface area contributed by atoms with Gasteiger partial charge >= 0.3 is 11.9 Å². The molecule has 0 radical (unpaired) electrons.